The van der Waals surface area contributed by atoms with Crippen LogP contribution >= 0.6 is 0 Å². The topological polar surface area (TPSA) is 78.4 Å². The Morgan fingerprint density at radius 1 is 1.41 bits per heavy atom. The van der Waals surface area contributed by atoms with Gasteiger partial charge in [0.25, 0.3) is 5.69 Å². The van der Waals surface area contributed by atoms with Crippen molar-refractivity contribution in [1.82, 2.24) is 0 Å². The molecule has 0 amide bonds. The van der Waals surface area contributed by atoms with Gasteiger partial charge in [0.15, 0.2) is 0 Å². The second-order valence-corrected chi connectivity index (χ2v) is 4.82. The molecule has 1 fully saturated rings. The van der Waals surface area contributed by atoms with Gasteiger partial charge < -0.3 is 10.5 Å². The zero-order valence-electron chi connectivity index (χ0n) is 10.0. The van der Waals surface area contributed by atoms with E-state index in [1.54, 1.807) is 0 Å². The lowest BCUT2D eigenvalue weighted by atomic mass is 10.1. The van der Waals surface area contributed by atoms with Crippen LogP contribution in [0.2, 0.25) is 0 Å². The number of hydrogen-bond donors (Lipinski definition) is 1. The molecular formula is C12H16N2O3. The molecule has 0 spiro atoms. The zero-order chi connectivity index (χ0) is 12.6. The number of nitrogens with two attached hydrogens (primary N) is 1. The van der Waals surface area contributed by atoms with Gasteiger partial charge in [-0.2, -0.15) is 0 Å². The highest BCUT2D eigenvalue weighted by Crippen LogP contribution is 2.34. The summed E-state index contributed by atoms with van der Waals surface area (Å²) in [6, 6.07) is 3.05. The summed E-state index contributed by atoms with van der Waals surface area (Å²) in [6.07, 6.45) is 1.97. The van der Waals surface area contributed by atoms with Gasteiger partial charge in [-0.3, -0.25) is 10.1 Å². The first-order chi connectivity index (χ1) is 7.91. The standard InChI is InChI=1S/C12H16N2O3/c1-8-5-10(14(15)16)6-9(2)11(8)17-7-12(13)3-4-12/h5-6H,3-4,7,13H2,1-2H3. The fourth-order valence-electron chi connectivity index (χ4n) is 1.78. The summed E-state index contributed by atoms with van der Waals surface area (Å²) >= 11 is 0. The monoisotopic (exact) mass is 236 g/mol. The molecule has 1 aliphatic rings. The minimum Gasteiger partial charge on any atom is -0.491 e. The van der Waals surface area contributed by atoms with E-state index in [9.17, 15) is 10.1 Å². The third-order valence-electron chi connectivity index (χ3n) is 3.05. The predicted molar refractivity (Wildman–Crippen MR) is 64.2 cm³/mol. The van der Waals surface area contributed by atoms with Crippen LogP contribution in [0.5, 0.6) is 5.75 Å². The van der Waals surface area contributed by atoms with Crippen LogP contribution in [0.1, 0.15) is 24.0 Å². The van der Waals surface area contributed by atoms with E-state index < -0.39 is 4.92 Å². The fourth-order valence-corrected chi connectivity index (χ4v) is 1.78. The van der Waals surface area contributed by atoms with Crippen molar-refractivity contribution >= 4 is 5.69 Å². The summed E-state index contributed by atoms with van der Waals surface area (Å²) in [7, 11) is 0. The third kappa shape index (κ3) is 2.55. The number of ether oxygens (including phenoxy) is 1. The van der Waals surface area contributed by atoms with Crippen LogP contribution in [-0.2, 0) is 0 Å². The fraction of sp³-hybridized carbons (Fsp3) is 0.500. The Bertz CT molecular complexity index is 444. The van der Waals surface area contributed by atoms with Crippen molar-refractivity contribution in [3.8, 4) is 5.75 Å². The number of nitrogens with zero attached hydrogens (tertiary/aromatic N) is 1. The van der Waals surface area contributed by atoms with Gasteiger partial charge in [0.2, 0.25) is 0 Å². The Balaban J connectivity index is 2.19. The van der Waals surface area contributed by atoms with E-state index in [4.69, 9.17) is 10.5 Å². The zero-order valence-corrected chi connectivity index (χ0v) is 10.0. The van der Waals surface area contributed by atoms with Crippen LogP contribution in [0, 0.1) is 24.0 Å². The summed E-state index contributed by atoms with van der Waals surface area (Å²) in [6.45, 7) is 4.10. The first-order valence-corrected chi connectivity index (χ1v) is 5.59. The van der Waals surface area contributed by atoms with Crippen molar-refractivity contribution in [2.45, 2.75) is 32.2 Å². The number of hydrogen-bond acceptors (Lipinski definition) is 4. The lowest BCUT2D eigenvalue weighted by molar-refractivity contribution is -0.385. The van der Waals surface area contributed by atoms with Crippen LogP contribution in [0.25, 0.3) is 0 Å². The highest BCUT2D eigenvalue weighted by atomic mass is 16.6. The first kappa shape index (κ1) is 11.9. The first-order valence-electron chi connectivity index (χ1n) is 5.59. The number of non-ortho nitro benzene ring substituents is 1. The molecule has 0 aromatic heterocycles. The molecule has 2 N–H and O–H groups in total. The molecule has 0 saturated heterocycles. The maximum absolute atomic E-state index is 10.7. The molecule has 5 nitrogen and oxygen atoms in total. The van der Waals surface area contributed by atoms with Crippen molar-refractivity contribution in [3.05, 3.63) is 33.4 Å². The van der Waals surface area contributed by atoms with Crippen molar-refractivity contribution in [2.75, 3.05) is 6.61 Å². The van der Waals surface area contributed by atoms with E-state index >= 15 is 0 Å². The number of rotatable bonds is 4. The molecule has 5 heteroatoms. The molecule has 2 rings (SSSR count). The average Bonchev–Trinajstić information content (AvgIpc) is 2.95. The van der Waals surface area contributed by atoms with Crippen LogP contribution in [0.3, 0.4) is 0 Å². The van der Waals surface area contributed by atoms with E-state index in [2.05, 4.69) is 0 Å². The molecule has 0 heterocycles. The molecule has 1 aromatic carbocycles. The number of nitro groups is 1. The van der Waals surface area contributed by atoms with E-state index in [1.807, 2.05) is 13.8 Å². The molecule has 0 atom stereocenters. The van der Waals surface area contributed by atoms with Crippen molar-refractivity contribution in [1.29, 1.82) is 0 Å². The molecule has 0 aliphatic heterocycles. The van der Waals surface area contributed by atoms with E-state index in [0.29, 0.717) is 12.4 Å². The smallest absolute Gasteiger partial charge is 0.270 e. The van der Waals surface area contributed by atoms with Crippen molar-refractivity contribution < 1.29 is 9.66 Å². The summed E-state index contributed by atoms with van der Waals surface area (Å²) in [5.74, 6) is 0.715. The Morgan fingerprint density at radius 3 is 2.35 bits per heavy atom. The molecular weight excluding hydrogens is 220 g/mol. The molecule has 0 unspecified atom stereocenters. The van der Waals surface area contributed by atoms with Gasteiger partial charge in [-0.05, 0) is 37.8 Å². The molecule has 17 heavy (non-hydrogen) atoms. The third-order valence-corrected chi connectivity index (χ3v) is 3.05. The maximum Gasteiger partial charge on any atom is 0.270 e. The minimum atomic E-state index is -0.394. The van der Waals surface area contributed by atoms with Crippen molar-refractivity contribution in [2.24, 2.45) is 5.73 Å². The predicted octanol–water partition coefficient (Wildman–Crippen LogP) is 2.08. The Hall–Kier alpha value is -1.62. The Kier molecular flexibility index (Phi) is 2.79. The number of nitro benzene ring substituents is 1. The van der Waals surface area contributed by atoms with E-state index in [1.165, 1.54) is 12.1 Å². The highest BCUT2D eigenvalue weighted by molar-refractivity contribution is 5.49. The molecule has 0 bridgehead atoms. The normalized spacial score (nSPS) is 16.6. The molecule has 1 aromatic rings. The van der Waals surface area contributed by atoms with Gasteiger partial charge >= 0.3 is 0 Å². The number of aryl methyl sites for hydroxylation is 2. The summed E-state index contributed by atoms with van der Waals surface area (Å²) in [4.78, 5) is 10.3. The molecule has 1 saturated carbocycles. The van der Waals surface area contributed by atoms with Gasteiger partial charge in [0, 0.05) is 12.1 Å². The van der Waals surface area contributed by atoms with Gasteiger partial charge in [-0.15, -0.1) is 0 Å². The summed E-state index contributed by atoms with van der Waals surface area (Å²) < 4.78 is 5.68. The van der Waals surface area contributed by atoms with E-state index in [-0.39, 0.29) is 11.2 Å². The molecule has 1 aliphatic carbocycles. The van der Waals surface area contributed by atoms with Gasteiger partial charge in [0.1, 0.15) is 12.4 Å². The Morgan fingerprint density at radius 2 is 1.94 bits per heavy atom. The van der Waals surface area contributed by atoms with E-state index in [0.717, 1.165) is 24.0 Å². The lowest BCUT2D eigenvalue weighted by Gasteiger charge is -2.15. The summed E-state index contributed by atoms with van der Waals surface area (Å²) in [5.41, 5.74) is 7.42. The SMILES string of the molecule is Cc1cc([N+](=O)[O-])cc(C)c1OCC1(N)CC1. The summed E-state index contributed by atoms with van der Waals surface area (Å²) in [5, 5.41) is 10.7. The lowest BCUT2D eigenvalue weighted by Crippen LogP contribution is -2.30. The second kappa shape index (κ2) is 4.00. The molecule has 0 radical (unpaired) electrons. The second-order valence-electron chi connectivity index (χ2n) is 4.82. The quantitative estimate of drug-likeness (QED) is 0.641. The van der Waals surface area contributed by atoms with Gasteiger partial charge in [-0.25, -0.2) is 0 Å². The van der Waals surface area contributed by atoms with Crippen molar-refractivity contribution in [3.63, 3.8) is 0 Å². The highest BCUT2D eigenvalue weighted by Gasteiger charge is 2.39. The van der Waals surface area contributed by atoms with Gasteiger partial charge in [-0.1, -0.05) is 0 Å². The van der Waals surface area contributed by atoms with Crippen LogP contribution in [0.4, 0.5) is 5.69 Å². The van der Waals surface area contributed by atoms with Crippen LogP contribution in [0.15, 0.2) is 12.1 Å². The van der Waals surface area contributed by atoms with Crippen LogP contribution < -0.4 is 10.5 Å². The minimum absolute atomic E-state index is 0.0984. The maximum atomic E-state index is 10.7. The Labute approximate surface area is 99.7 Å². The average molecular weight is 236 g/mol. The number of benzene rings is 1. The molecule has 92 valence electrons. The van der Waals surface area contributed by atoms with Crippen LogP contribution in [-0.4, -0.2) is 17.1 Å². The largest absolute Gasteiger partial charge is 0.491 e. The van der Waals surface area contributed by atoms with Gasteiger partial charge in [0.05, 0.1) is 10.5 Å².